The van der Waals surface area contributed by atoms with E-state index in [2.05, 4.69) is 19.9 Å². The Kier molecular flexibility index (Phi) is 6.43. The maximum absolute atomic E-state index is 11.4. The van der Waals surface area contributed by atoms with Crippen molar-refractivity contribution in [1.29, 1.82) is 0 Å². The van der Waals surface area contributed by atoms with Gasteiger partial charge in [0.05, 0.1) is 48.2 Å². The number of carbonyl (C=O) groups is 2. The van der Waals surface area contributed by atoms with Gasteiger partial charge in [-0.25, -0.2) is 9.97 Å². The van der Waals surface area contributed by atoms with Crippen LogP contribution in [0.2, 0.25) is 0 Å². The molecule has 0 atom stereocenters. The molecule has 0 aliphatic carbocycles. The largest absolute Gasteiger partial charge is 0.480 e. The number of hydrogen-bond donors (Lipinski definition) is 4. The fraction of sp³-hybridized carbons (Fsp3) is 0.273. The van der Waals surface area contributed by atoms with E-state index < -0.39 is 11.9 Å². The molecule has 0 spiro atoms. The molecular formula is C22H24N6O4. The standard InChI is InChI=1S/C22H24N6O4/c29-21(30)13-27(11-19-23-15-5-1-2-6-16(15)24-19)9-10-28(14-22(31)32)12-20-25-17-7-3-4-8-18(17)26-20/h1-8H,9-14H2,(H,23,24)(H,25,26)(H,29,30)(H,31,32). The van der Waals surface area contributed by atoms with Crippen molar-refractivity contribution in [2.45, 2.75) is 13.1 Å². The number of H-pyrrole nitrogens is 2. The van der Waals surface area contributed by atoms with Gasteiger partial charge in [-0.05, 0) is 24.3 Å². The molecule has 0 amide bonds. The van der Waals surface area contributed by atoms with E-state index in [9.17, 15) is 19.8 Å². The van der Waals surface area contributed by atoms with Crippen molar-refractivity contribution >= 4 is 34.0 Å². The Balaban J connectivity index is 1.45. The van der Waals surface area contributed by atoms with Gasteiger partial charge in [0.15, 0.2) is 0 Å². The molecule has 4 rings (SSSR count). The molecule has 166 valence electrons. The summed E-state index contributed by atoms with van der Waals surface area (Å²) in [7, 11) is 0. The molecule has 4 aromatic rings. The van der Waals surface area contributed by atoms with Crippen molar-refractivity contribution in [1.82, 2.24) is 29.7 Å². The smallest absolute Gasteiger partial charge is 0.317 e. The highest BCUT2D eigenvalue weighted by Gasteiger charge is 2.17. The van der Waals surface area contributed by atoms with Crippen molar-refractivity contribution in [3.05, 3.63) is 60.2 Å². The van der Waals surface area contributed by atoms with Crippen LogP contribution in [-0.4, -0.2) is 78.1 Å². The molecular weight excluding hydrogens is 412 g/mol. The summed E-state index contributed by atoms with van der Waals surface area (Å²) in [5.41, 5.74) is 3.40. The molecule has 0 radical (unpaired) electrons. The van der Waals surface area contributed by atoms with Gasteiger partial charge < -0.3 is 20.2 Å². The number of aromatic amines is 2. The van der Waals surface area contributed by atoms with Crippen LogP contribution in [0.5, 0.6) is 0 Å². The van der Waals surface area contributed by atoms with Gasteiger partial charge in [0.1, 0.15) is 11.6 Å². The number of carboxylic acids is 2. The van der Waals surface area contributed by atoms with Crippen LogP contribution in [0.1, 0.15) is 11.6 Å². The molecule has 0 saturated carbocycles. The number of carboxylic acid groups (broad SMARTS) is 2. The highest BCUT2D eigenvalue weighted by atomic mass is 16.4. The Morgan fingerprint density at radius 2 is 1.12 bits per heavy atom. The molecule has 10 heteroatoms. The second kappa shape index (κ2) is 9.58. The Labute approximate surface area is 183 Å². The van der Waals surface area contributed by atoms with Crippen molar-refractivity contribution in [3.63, 3.8) is 0 Å². The summed E-state index contributed by atoms with van der Waals surface area (Å²) >= 11 is 0. The molecule has 0 bridgehead atoms. The zero-order valence-corrected chi connectivity index (χ0v) is 17.4. The van der Waals surface area contributed by atoms with Gasteiger partial charge in [-0.3, -0.25) is 19.4 Å². The van der Waals surface area contributed by atoms with E-state index >= 15 is 0 Å². The number of nitrogens with one attached hydrogen (secondary N) is 2. The Bertz CT molecular complexity index is 1070. The molecule has 0 aliphatic heterocycles. The summed E-state index contributed by atoms with van der Waals surface area (Å²) in [5.74, 6) is -0.588. The van der Waals surface area contributed by atoms with Crippen LogP contribution >= 0.6 is 0 Å². The lowest BCUT2D eigenvalue weighted by Crippen LogP contribution is -2.39. The van der Waals surface area contributed by atoms with Crippen LogP contribution in [-0.2, 0) is 22.7 Å². The zero-order valence-electron chi connectivity index (χ0n) is 17.4. The average molecular weight is 436 g/mol. The molecule has 4 N–H and O–H groups in total. The fourth-order valence-corrected chi connectivity index (χ4v) is 3.68. The summed E-state index contributed by atoms with van der Waals surface area (Å²) in [6.45, 7) is 0.984. The van der Waals surface area contributed by atoms with E-state index in [1.165, 1.54) is 0 Å². The van der Waals surface area contributed by atoms with Crippen molar-refractivity contribution < 1.29 is 19.8 Å². The number of fused-ring (bicyclic) bond motifs is 2. The minimum Gasteiger partial charge on any atom is -0.480 e. The number of imidazole rings is 2. The number of nitrogens with zero attached hydrogens (tertiary/aromatic N) is 4. The fourth-order valence-electron chi connectivity index (χ4n) is 3.68. The predicted molar refractivity (Wildman–Crippen MR) is 118 cm³/mol. The number of para-hydroxylation sites is 4. The lowest BCUT2D eigenvalue weighted by molar-refractivity contribution is -0.140. The number of hydrogen-bond acceptors (Lipinski definition) is 6. The molecule has 0 unspecified atom stereocenters. The normalized spacial score (nSPS) is 11.7. The van der Waals surface area contributed by atoms with Gasteiger partial charge >= 0.3 is 11.9 Å². The van der Waals surface area contributed by atoms with Gasteiger partial charge in [-0.1, -0.05) is 24.3 Å². The monoisotopic (exact) mass is 436 g/mol. The van der Waals surface area contributed by atoms with Gasteiger partial charge in [-0.2, -0.15) is 0 Å². The first kappa shape index (κ1) is 21.5. The number of aromatic nitrogens is 4. The zero-order chi connectivity index (χ0) is 22.5. The molecule has 2 aromatic heterocycles. The molecule has 32 heavy (non-hydrogen) atoms. The predicted octanol–water partition coefficient (Wildman–Crippen LogP) is 1.91. The van der Waals surface area contributed by atoms with E-state index in [0.29, 0.717) is 37.8 Å². The Morgan fingerprint density at radius 3 is 1.50 bits per heavy atom. The third kappa shape index (κ3) is 5.48. The molecule has 0 aliphatic rings. The minimum absolute atomic E-state index is 0.178. The van der Waals surface area contributed by atoms with Gasteiger partial charge in [-0.15, -0.1) is 0 Å². The maximum Gasteiger partial charge on any atom is 0.317 e. The maximum atomic E-state index is 11.4. The van der Waals surface area contributed by atoms with Crippen LogP contribution in [0.25, 0.3) is 22.1 Å². The quantitative estimate of drug-likeness (QED) is 0.280. The molecule has 0 saturated heterocycles. The van der Waals surface area contributed by atoms with E-state index in [-0.39, 0.29) is 13.1 Å². The lowest BCUT2D eigenvalue weighted by atomic mass is 10.3. The van der Waals surface area contributed by atoms with Crippen LogP contribution in [0, 0.1) is 0 Å². The van der Waals surface area contributed by atoms with Gasteiger partial charge in [0.2, 0.25) is 0 Å². The van der Waals surface area contributed by atoms with E-state index in [4.69, 9.17) is 0 Å². The third-order valence-corrected chi connectivity index (χ3v) is 5.07. The lowest BCUT2D eigenvalue weighted by Gasteiger charge is -2.24. The first-order valence-corrected chi connectivity index (χ1v) is 10.2. The average Bonchev–Trinajstić information content (AvgIpc) is 3.33. The highest BCUT2D eigenvalue weighted by molar-refractivity contribution is 5.75. The first-order chi connectivity index (χ1) is 15.5. The van der Waals surface area contributed by atoms with Gasteiger partial charge in [0, 0.05) is 13.1 Å². The molecule has 0 fully saturated rings. The van der Waals surface area contributed by atoms with Crippen LogP contribution < -0.4 is 0 Å². The van der Waals surface area contributed by atoms with Crippen LogP contribution in [0.3, 0.4) is 0 Å². The summed E-state index contributed by atoms with van der Waals surface area (Å²) in [6, 6.07) is 15.2. The summed E-state index contributed by atoms with van der Waals surface area (Å²) in [5, 5.41) is 18.7. The summed E-state index contributed by atoms with van der Waals surface area (Å²) in [6.07, 6.45) is 0. The van der Waals surface area contributed by atoms with Crippen molar-refractivity contribution in [3.8, 4) is 0 Å². The molecule has 10 nitrogen and oxygen atoms in total. The SMILES string of the molecule is O=C(O)CN(CCN(CC(=O)O)Cc1nc2ccccc2[nH]1)Cc1nc2ccccc2[nH]1. The Hall–Kier alpha value is -3.76. The first-order valence-electron chi connectivity index (χ1n) is 10.2. The van der Waals surface area contributed by atoms with Crippen molar-refractivity contribution in [2.75, 3.05) is 26.2 Å². The van der Waals surface area contributed by atoms with E-state index in [1.807, 2.05) is 48.5 Å². The van der Waals surface area contributed by atoms with E-state index in [1.54, 1.807) is 9.80 Å². The Morgan fingerprint density at radius 1 is 0.719 bits per heavy atom. The molecule has 2 aromatic carbocycles. The second-order valence-electron chi connectivity index (χ2n) is 7.61. The molecule has 2 heterocycles. The van der Waals surface area contributed by atoms with Crippen molar-refractivity contribution in [2.24, 2.45) is 0 Å². The number of aliphatic carboxylic acids is 2. The minimum atomic E-state index is -0.955. The van der Waals surface area contributed by atoms with Crippen LogP contribution in [0.15, 0.2) is 48.5 Å². The summed E-state index contributed by atoms with van der Waals surface area (Å²) in [4.78, 5) is 41.7. The van der Waals surface area contributed by atoms with Crippen LogP contribution in [0.4, 0.5) is 0 Å². The van der Waals surface area contributed by atoms with Gasteiger partial charge in [0.25, 0.3) is 0 Å². The van der Waals surface area contributed by atoms with E-state index in [0.717, 1.165) is 22.1 Å². The highest BCUT2D eigenvalue weighted by Crippen LogP contribution is 2.13. The second-order valence-corrected chi connectivity index (χ2v) is 7.61. The number of rotatable bonds is 11. The number of benzene rings is 2. The third-order valence-electron chi connectivity index (χ3n) is 5.07. The summed E-state index contributed by atoms with van der Waals surface area (Å²) < 4.78 is 0. The topological polar surface area (TPSA) is 138 Å².